The Bertz CT molecular complexity index is 1680. The van der Waals surface area contributed by atoms with E-state index < -0.39 is 0 Å². The predicted molar refractivity (Wildman–Crippen MR) is 171 cm³/mol. The van der Waals surface area contributed by atoms with Crippen LogP contribution in [0.1, 0.15) is 27.8 Å². The fourth-order valence-corrected chi connectivity index (χ4v) is 5.50. The van der Waals surface area contributed by atoms with Crippen molar-refractivity contribution in [2.24, 2.45) is 4.99 Å². The van der Waals surface area contributed by atoms with Crippen molar-refractivity contribution in [2.75, 3.05) is 12.0 Å². The predicted octanol–water partition coefficient (Wildman–Crippen LogP) is 9.31. The minimum Gasteiger partial charge on any atom is -0.493 e. The largest absolute Gasteiger partial charge is 0.493 e. The molecule has 0 aromatic heterocycles. The number of ether oxygens (including phenoxy) is 2. The average molecular weight is 604 g/mol. The van der Waals surface area contributed by atoms with Gasteiger partial charge < -0.3 is 9.47 Å². The van der Waals surface area contributed by atoms with Crippen molar-refractivity contribution in [3.63, 3.8) is 0 Å². The molecule has 1 saturated heterocycles. The number of rotatable bonds is 7. The van der Waals surface area contributed by atoms with Crippen molar-refractivity contribution in [3.05, 3.63) is 122 Å². The number of amides is 1. The van der Waals surface area contributed by atoms with Crippen LogP contribution in [0.2, 0.25) is 10.0 Å². The van der Waals surface area contributed by atoms with E-state index in [9.17, 15) is 4.79 Å². The molecule has 4 aromatic rings. The van der Waals surface area contributed by atoms with Crippen LogP contribution in [0.3, 0.4) is 0 Å². The Morgan fingerprint density at radius 3 is 2.24 bits per heavy atom. The summed E-state index contributed by atoms with van der Waals surface area (Å²) in [5, 5.41) is 1.69. The van der Waals surface area contributed by atoms with Crippen molar-refractivity contribution in [1.29, 1.82) is 0 Å². The minimum atomic E-state index is -0.203. The monoisotopic (exact) mass is 602 g/mol. The topological polar surface area (TPSA) is 51.1 Å². The van der Waals surface area contributed by atoms with Gasteiger partial charge in [0.1, 0.15) is 6.61 Å². The van der Waals surface area contributed by atoms with E-state index in [0.29, 0.717) is 49.6 Å². The Labute approximate surface area is 254 Å². The van der Waals surface area contributed by atoms with Crippen molar-refractivity contribution in [2.45, 2.75) is 27.4 Å². The molecule has 1 heterocycles. The number of methoxy groups -OCH3 is 1. The van der Waals surface area contributed by atoms with Gasteiger partial charge in [-0.3, -0.25) is 9.69 Å². The number of hydrogen-bond donors (Lipinski definition) is 0. The first-order chi connectivity index (χ1) is 19.7. The normalized spacial score (nSPS) is 15.2. The van der Waals surface area contributed by atoms with E-state index in [1.54, 1.807) is 24.1 Å². The molecular formula is C33H28Cl2N2O3S. The van der Waals surface area contributed by atoms with Crippen molar-refractivity contribution >= 4 is 63.5 Å². The lowest BCUT2D eigenvalue weighted by Gasteiger charge is -2.16. The SMILES string of the molecule is COc1cc(/C=C2/SC(=Nc3ccc(C)c(Cl)c3)N(c3ccc(C)c(Cl)c3)C2=O)ccc1OCc1ccc(C)cc1. The molecule has 0 spiro atoms. The average Bonchev–Trinajstić information content (AvgIpc) is 3.26. The maximum Gasteiger partial charge on any atom is 0.271 e. The summed E-state index contributed by atoms with van der Waals surface area (Å²) in [5.74, 6) is 0.993. The third-order valence-corrected chi connectivity index (χ3v) is 8.38. The number of amidine groups is 1. The van der Waals surface area contributed by atoms with Gasteiger partial charge in [-0.05, 0) is 97.3 Å². The highest BCUT2D eigenvalue weighted by molar-refractivity contribution is 8.19. The highest BCUT2D eigenvalue weighted by Gasteiger charge is 2.35. The Morgan fingerprint density at radius 2 is 1.56 bits per heavy atom. The molecule has 1 amide bonds. The molecule has 0 aliphatic carbocycles. The molecule has 208 valence electrons. The lowest BCUT2D eigenvalue weighted by Crippen LogP contribution is -2.28. The minimum absolute atomic E-state index is 0.203. The number of carbonyl (C=O) groups is 1. The maximum atomic E-state index is 13.8. The molecule has 5 rings (SSSR count). The van der Waals surface area contributed by atoms with Crippen LogP contribution in [-0.2, 0) is 11.4 Å². The Hall–Kier alpha value is -3.71. The van der Waals surface area contributed by atoms with Crippen LogP contribution in [0, 0.1) is 20.8 Å². The Balaban J connectivity index is 1.46. The summed E-state index contributed by atoms with van der Waals surface area (Å²) in [6, 6.07) is 24.9. The summed E-state index contributed by atoms with van der Waals surface area (Å²) >= 11 is 14.1. The molecule has 0 radical (unpaired) electrons. The Kier molecular flexibility index (Phi) is 8.74. The standard InChI is InChI=1S/C33H28Cl2N2O3S/c1-20-5-9-23(10-6-20)19-40-29-14-11-24(15-30(29)39-4)16-31-32(38)37(26-13-8-22(3)28(35)18-26)33(41-31)36-25-12-7-21(2)27(34)17-25/h5-18H,19H2,1-4H3/b31-16+,36-33?. The van der Waals surface area contributed by atoms with Gasteiger partial charge in [0.25, 0.3) is 5.91 Å². The fraction of sp³-hybridized carbons (Fsp3) is 0.152. The van der Waals surface area contributed by atoms with Crippen LogP contribution in [0.5, 0.6) is 11.5 Å². The molecule has 0 atom stereocenters. The van der Waals surface area contributed by atoms with Gasteiger partial charge >= 0.3 is 0 Å². The van der Waals surface area contributed by atoms with Crippen LogP contribution in [0.25, 0.3) is 6.08 Å². The number of aliphatic imine (C=N–C) groups is 1. The van der Waals surface area contributed by atoms with Crippen molar-refractivity contribution in [3.8, 4) is 11.5 Å². The van der Waals surface area contributed by atoms with E-state index in [4.69, 9.17) is 37.7 Å². The number of benzene rings is 4. The van der Waals surface area contributed by atoms with Crippen LogP contribution in [0.4, 0.5) is 11.4 Å². The van der Waals surface area contributed by atoms with E-state index >= 15 is 0 Å². The summed E-state index contributed by atoms with van der Waals surface area (Å²) in [6.07, 6.45) is 1.83. The van der Waals surface area contributed by atoms with E-state index in [1.165, 1.54) is 17.3 Å². The highest BCUT2D eigenvalue weighted by Crippen LogP contribution is 2.39. The zero-order valence-electron chi connectivity index (χ0n) is 23.1. The molecule has 1 fully saturated rings. The first-order valence-electron chi connectivity index (χ1n) is 12.9. The number of hydrogen-bond acceptors (Lipinski definition) is 5. The third kappa shape index (κ3) is 6.62. The van der Waals surface area contributed by atoms with Gasteiger partial charge in [0.15, 0.2) is 16.7 Å². The van der Waals surface area contributed by atoms with Gasteiger partial charge in [-0.1, -0.05) is 71.2 Å². The van der Waals surface area contributed by atoms with Crippen molar-refractivity contribution in [1.82, 2.24) is 0 Å². The molecule has 0 bridgehead atoms. The zero-order valence-corrected chi connectivity index (χ0v) is 25.4. The summed E-state index contributed by atoms with van der Waals surface area (Å²) < 4.78 is 11.6. The lowest BCUT2D eigenvalue weighted by atomic mass is 10.1. The smallest absolute Gasteiger partial charge is 0.271 e. The lowest BCUT2D eigenvalue weighted by molar-refractivity contribution is -0.113. The van der Waals surface area contributed by atoms with E-state index in [2.05, 4.69) is 19.1 Å². The first kappa shape index (κ1) is 28.8. The number of thioether (sulfide) groups is 1. The van der Waals surface area contributed by atoms with Gasteiger partial charge in [-0.2, -0.15) is 0 Å². The summed E-state index contributed by atoms with van der Waals surface area (Å²) in [4.78, 5) is 20.6. The number of carbonyl (C=O) groups excluding carboxylic acids is 1. The Morgan fingerprint density at radius 1 is 0.854 bits per heavy atom. The summed E-state index contributed by atoms with van der Waals surface area (Å²) in [6.45, 7) is 6.32. The molecule has 8 heteroatoms. The number of aryl methyl sites for hydroxylation is 3. The van der Waals surface area contributed by atoms with Gasteiger partial charge in [-0.15, -0.1) is 0 Å². The van der Waals surface area contributed by atoms with E-state index in [0.717, 1.165) is 22.3 Å². The summed E-state index contributed by atoms with van der Waals surface area (Å²) in [5.41, 5.74) is 6.22. The molecule has 41 heavy (non-hydrogen) atoms. The maximum absolute atomic E-state index is 13.8. The van der Waals surface area contributed by atoms with E-state index in [-0.39, 0.29) is 5.91 Å². The van der Waals surface area contributed by atoms with Crippen molar-refractivity contribution < 1.29 is 14.3 Å². The second-order valence-electron chi connectivity index (χ2n) is 9.70. The van der Waals surface area contributed by atoms with Crippen LogP contribution >= 0.6 is 35.0 Å². The summed E-state index contributed by atoms with van der Waals surface area (Å²) in [7, 11) is 1.60. The fourth-order valence-electron chi connectivity index (χ4n) is 4.15. The first-order valence-corrected chi connectivity index (χ1v) is 14.5. The van der Waals surface area contributed by atoms with Gasteiger partial charge in [0.05, 0.1) is 23.4 Å². The molecular weight excluding hydrogens is 575 g/mol. The molecule has 1 aliphatic heterocycles. The van der Waals surface area contributed by atoms with E-state index in [1.807, 2.05) is 74.5 Å². The zero-order chi connectivity index (χ0) is 29.1. The molecule has 5 nitrogen and oxygen atoms in total. The van der Waals surface area contributed by atoms with Gasteiger partial charge in [-0.25, -0.2) is 4.99 Å². The second-order valence-corrected chi connectivity index (χ2v) is 11.5. The molecule has 4 aromatic carbocycles. The van der Waals surface area contributed by atoms with Gasteiger partial charge in [0, 0.05) is 10.0 Å². The van der Waals surface area contributed by atoms with Crippen LogP contribution in [0.15, 0.2) is 88.8 Å². The second kappa shape index (κ2) is 12.4. The number of halogens is 2. The third-order valence-electron chi connectivity index (χ3n) is 6.60. The van der Waals surface area contributed by atoms with Gasteiger partial charge in [0.2, 0.25) is 0 Å². The molecule has 0 unspecified atom stereocenters. The number of anilines is 1. The molecule has 0 N–H and O–H groups in total. The molecule has 0 saturated carbocycles. The number of nitrogens with zero attached hydrogens (tertiary/aromatic N) is 2. The van der Waals surface area contributed by atoms with Crippen LogP contribution in [-0.4, -0.2) is 18.2 Å². The quantitative estimate of drug-likeness (QED) is 0.198. The van der Waals surface area contributed by atoms with Crippen LogP contribution < -0.4 is 14.4 Å². The highest BCUT2D eigenvalue weighted by atomic mass is 35.5. The molecule has 1 aliphatic rings.